The third kappa shape index (κ3) is 1.59. The SMILES string of the molecule is Clc1ccc(Cl)c2c1CN(Cl)N=N2. The lowest BCUT2D eigenvalue weighted by molar-refractivity contribution is 0.436. The second kappa shape index (κ2) is 3.33. The Morgan fingerprint density at radius 1 is 1.23 bits per heavy atom. The Bertz CT molecular complexity index is 377. The number of benzene rings is 1. The molecule has 0 bridgehead atoms. The number of hydrogen-bond acceptors (Lipinski definition) is 3. The van der Waals surface area contributed by atoms with Gasteiger partial charge in [-0.25, -0.2) is 0 Å². The highest BCUT2D eigenvalue weighted by atomic mass is 35.5. The topological polar surface area (TPSA) is 28.0 Å². The Hall–Kier alpha value is -0.510. The first-order valence-electron chi connectivity index (χ1n) is 3.50. The van der Waals surface area contributed by atoms with Gasteiger partial charge >= 0.3 is 0 Å². The van der Waals surface area contributed by atoms with E-state index < -0.39 is 0 Å². The van der Waals surface area contributed by atoms with Crippen LogP contribution in [-0.4, -0.2) is 4.53 Å². The second-order valence-electron chi connectivity index (χ2n) is 2.54. The van der Waals surface area contributed by atoms with Crippen molar-refractivity contribution in [1.82, 2.24) is 4.53 Å². The summed E-state index contributed by atoms with van der Waals surface area (Å²) in [7, 11) is 0. The molecule has 2 rings (SSSR count). The minimum atomic E-state index is 0.416. The van der Waals surface area contributed by atoms with Gasteiger partial charge in [0.15, 0.2) is 0 Å². The van der Waals surface area contributed by atoms with Gasteiger partial charge in [0.05, 0.1) is 11.6 Å². The minimum absolute atomic E-state index is 0.416. The smallest absolute Gasteiger partial charge is 0.113 e. The zero-order chi connectivity index (χ0) is 9.42. The fourth-order valence-corrected chi connectivity index (χ4v) is 1.68. The highest BCUT2D eigenvalue weighted by Crippen LogP contribution is 2.38. The molecule has 0 fully saturated rings. The van der Waals surface area contributed by atoms with Crippen molar-refractivity contribution in [3.05, 3.63) is 27.7 Å². The number of halogens is 3. The van der Waals surface area contributed by atoms with Gasteiger partial charge in [-0.15, -0.1) is 5.11 Å². The Morgan fingerprint density at radius 3 is 2.69 bits per heavy atom. The molecule has 0 saturated heterocycles. The summed E-state index contributed by atoms with van der Waals surface area (Å²) in [5.74, 6) is 0. The van der Waals surface area contributed by atoms with Gasteiger partial charge in [0, 0.05) is 22.4 Å². The maximum atomic E-state index is 5.93. The summed E-state index contributed by atoms with van der Waals surface area (Å²) in [6.07, 6.45) is 0. The monoisotopic (exact) mass is 235 g/mol. The summed E-state index contributed by atoms with van der Waals surface area (Å²) >= 11 is 17.5. The van der Waals surface area contributed by atoms with E-state index in [1.807, 2.05) is 0 Å². The quantitative estimate of drug-likeness (QED) is 0.627. The molecular weight excluding hydrogens is 232 g/mol. The van der Waals surface area contributed by atoms with Gasteiger partial charge in [0.2, 0.25) is 0 Å². The first-order chi connectivity index (χ1) is 6.18. The summed E-state index contributed by atoms with van der Waals surface area (Å²) in [6.45, 7) is 0.416. The average Bonchev–Trinajstić information content (AvgIpc) is 2.12. The molecule has 0 aromatic heterocycles. The van der Waals surface area contributed by atoms with Crippen LogP contribution in [0.15, 0.2) is 22.5 Å². The van der Waals surface area contributed by atoms with Crippen LogP contribution < -0.4 is 0 Å². The highest BCUT2D eigenvalue weighted by Gasteiger charge is 2.17. The molecule has 1 aromatic carbocycles. The zero-order valence-electron chi connectivity index (χ0n) is 6.34. The summed E-state index contributed by atoms with van der Waals surface area (Å²) in [5.41, 5.74) is 1.41. The van der Waals surface area contributed by atoms with Crippen LogP contribution in [0.2, 0.25) is 10.0 Å². The normalized spacial score (nSPS) is 14.5. The van der Waals surface area contributed by atoms with E-state index in [1.165, 1.54) is 4.53 Å². The Morgan fingerprint density at radius 2 is 1.92 bits per heavy atom. The Kier molecular flexibility index (Phi) is 2.32. The maximum absolute atomic E-state index is 5.93. The molecule has 0 N–H and O–H groups in total. The first-order valence-corrected chi connectivity index (χ1v) is 4.60. The molecule has 13 heavy (non-hydrogen) atoms. The summed E-state index contributed by atoms with van der Waals surface area (Å²) < 4.78 is 1.19. The van der Waals surface area contributed by atoms with Crippen molar-refractivity contribution in [2.75, 3.05) is 0 Å². The second-order valence-corrected chi connectivity index (χ2v) is 3.75. The van der Waals surface area contributed by atoms with Crippen molar-refractivity contribution >= 4 is 40.7 Å². The molecule has 1 aromatic rings. The van der Waals surface area contributed by atoms with E-state index >= 15 is 0 Å². The van der Waals surface area contributed by atoms with E-state index in [9.17, 15) is 0 Å². The summed E-state index contributed by atoms with van der Waals surface area (Å²) in [6, 6.07) is 3.40. The van der Waals surface area contributed by atoms with Gasteiger partial charge in [-0.1, -0.05) is 28.4 Å². The van der Waals surface area contributed by atoms with Crippen molar-refractivity contribution in [2.24, 2.45) is 10.3 Å². The third-order valence-electron chi connectivity index (χ3n) is 1.71. The Labute approximate surface area is 90.0 Å². The van der Waals surface area contributed by atoms with Gasteiger partial charge in [0.25, 0.3) is 0 Å². The fraction of sp³-hybridized carbons (Fsp3) is 0.143. The first kappa shape index (κ1) is 9.06. The highest BCUT2D eigenvalue weighted by molar-refractivity contribution is 6.35. The van der Waals surface area contributed by atoms with Gasteiger partial charge in [-0.2, -0.15) is 4.53 Å². The van der Waals surface area contributed by atoms with E-state index in [4.69, 9.17) is 35.0 Å². The summed E-state index contributed by atoms with van der Waals surface area (Å²) in [4.78, 5) is 0. The molecule has 1 heterocycles. The van der Waals surface area contributed by atoms with Crippen LogP contribution in [0.4, 0.5) is 5.69 Å². The van der Waals surface area contributed by atoms with Crippen molar-refractivity contribution < 1.29 is 0 Å². The van der Waals surface area contributed by atoms with E-state index in [2.05, 4.69) is 10.3 Å². The van der Waals surface area contributed by atoms with Crippen LogP contribution in [0.5, 0.6) is 0 Å². The fourth-order valence-electron chi connectivity index (χ4n) is 1.10. The van der Waals surface area contributed by atoms with Gasteiger partial charge in [0.1, 0.15) is 5.69 Å². The lowest BCUT2D eigenvalue weighted by Gasteiger charge is -2.16. The maximum Gasteiger partial charge on any atom is 0.113 e. The van der Waals surface area contributed by atoms with E-state index in [-0.39, 0.29) is 0 Å². The van der Waals surface area contributed by atoms with E-state index in [0.717, 1.165) is 5.56 Å². The number of rotatable bonds is 0. The van der Waals surface area contributed by atoms with Crippen molar-refractivity contribution in [3.8, 4) is 0 Å². The standard InChI is InChI=1S/C7H4Cl3N3/c8-5-1-2-6(9)7-4(5)3-13(10)12-11-7/h1-2H,3H2. The van der Waals surface area contributed by atoms with Crippen molar-refractivity contribution in [1.29, 1.82) is 0 Å². The van der Waals surface area contributed by atoms with E-state index in [0.29, 0.717) is 22.3 Å². The molecule has 6 heteroatoms. The molecule has 0 saturated carbocycles. The van der Waals surface area contributed by atoms with Gasteiger partial charge in [-0.3, -0.25) is 0 Å². The van der Waals surface area contributed by atoms with Crippen molar-refractivity contribution in [2.45, 2.75) is 6.54 Å². The van der Waals surface area contributed by atoms with Crippen LogP contribution in [0.3, 0.4) is 0 Å². The molecule has 3 nitrogen and oxygen atoms in total. The molecule has 1 aliphatic heterocycles. The lowest BCUT2D eigenvalue weighted by Crippen LogP contribution is -2.07. The van der Waals surface area contributed by atoms with Crippen LogP contribution in [-0.2, 0) is 6.54 Å². The predicted molar refractivity (Wildman–Crippen MR) is 52.4 cm³/mol. The number of fused-ring (bicyclic) bond motifs is 1. The summed E-state index contributed by atoms with van der Waals surface area (Å²) in [5, 5.41) is 8.63. The zero-order valence-corrected chi connectivity index (χ0v) is 8.61. The lowest BCUT2D eigenvalue weighted by atomic mass is 10.2. The molecule has 0 aliphatic carbocycles. The third-order valence-corrected chi connectivity index (χ3v) is 2.55. The number of nitrogens with zero attached hydrogens (tertiary/aromatic N) is 3. The average molecular weight is 236 g/mol. The molecule has 0 radical (unpaired) electrons. The van der Waals surface area contributed by atoms with Gasteiger partial charge in [-0.05, 0) is 12.1 Å². The Balaban J connectivity index is 2.60. The molecule has 1 aliphatic rings. The molecule has 0 spiro atoms. The molecule has 0 amide bonds. The minimum Gasteiger partial charge on any atom is -0.182 e. The predicted octanol–water partition coefficient (Wildman–Crippen LogP) is 3.96. The molecular formula is C7H4Cl3N3. The number of hydrogen-bond donors (Lipinski definition) is 0. The molecule has 0 unspecified atom stereocenters. The van der Waals surface area contributed by atoms with Crippen LogP contribution in [0, 0.1) is 0 Å². The largest absolute Gasteiger partial charge is 0.182 e. The van der Waals surface area contributed by atoms with Crippen LogP contribution >= 0.6 is 35.0 Å². The van der Waals surface area contributed by atoms with Crippen LogP contribution in [0.25, 0.3) is 0 Å². The molecule has 68 valence electrons. The van der Waals surface area contributed by atoms with E-state index in [1.54, 1.807) is 12.1 Å². The molecule has 0 atom stereocenters. The van der Waals surface area contributed by atoms with Crippen molar-refractivity contribution in [3.63, 3.8) is 0 Å². The van der Waals surface area contributed by atoms with Crippen LogP contribution in [0.1, 0.15) is 5.56 Å². The van der Waals surface area contributed by atoms with Gasteiger partial charge < -0.3 is 0 Å².